The van der Waals surface area contributed by atoms with Gasteiger partial charge in [0, 0.05) is 0 Å². The minimum Gasteiger partial charge on any atom is -0.493 e. The molecule has 1 unspecified atom stereocenters. The highest BCUT2D eigenvalue weighted by Crippen LogP contribution is 2.29. The number of hydrogen-bond acceptors (Lipinski definition) is 1. The molecule has 0 heterocycles. The van der Waals surface area contributed by atoms with Gasteiger partial charge in [-0.15, -0.1) is 0 Å². The molecule has 0 fully saturated rings. The molecule has 28 heavy (non-hydrogen) atoms. The molecule has 1 aromatic carbocycles. The van der Waals surface area contributed by atoms with Gasteiger partial charge in [0.1, 0.15) is 5.75 Å². The van der Waals surface area contributed by atoms with Crippen molar-refractivity contribution in [1.82, 2.24) is 0 Å². The lowest BCUT2D eigenvalue weighted by Crippen LogP contribution is -2.05. The van der Waals surface area contributed by atoms with Gasteiger partial charge < -0.3 is 4.74 Å². The number of hydrogen-bond donors (Lipinski definition) is 0. The maximum Gasteiger partial charge on any atom is 0.125 e. The van der Waals surface area contributed by atoms with E-state index in [1.807, 2.05) is 0 Å². The summed E-state index contributed by atoms with van der Waals surface area (Å²) in [6.07, 6.45) is 14.4. The molecular formula is C27H50O. The Morgan fingerprint density at radius 2 is 1.50 bits per heavy atom. The van der Waals surface area contributed by atoms with Crippen molar-refractivity contribution in [2.45, 2.75) is 120 Å². The zero-order chi connectivity index (χ0) is 20.1. The van der Waals surface area contributed by atoms with E-state index in [9.17, 15) is 0 Å². The van der Waals surface area contributed by atoms with E-state index in [2.05, 4.69) is 53.7 Å². The molecule has 0 aliphatic heterocycles. The summed E-state index contributed by atoms with van der Waals surface area (Å²) in [4.78, 5) is 0. The van der Waals surface area contributed by atoms with Crippen LogP contribution in [0.4, 0.5) is 0 Å². The van der Waals surface area contributed by atoms with Crippen LogP contribution < -0.4 is 4.74 Å². The highest BCUT2D eigenvalue weighted by Gasteiger charge is 2.11. The first-order valence-corrected chi connectivity index (χ1v) is 11.7. The van der Waals surface area contributed by atoms with Crippen molar-refractivity contribution in [2.24, 2.45) is 11.8 Å². The first-order valence-electron chi connectivity index (χ1n) is 11.7. The second-order valence-corrected chi connectivity index (χ2v) is 9.08. The SMILES string of the molecule is C.CCCCCCCCOc1c(CCC(C)CCCC(C)C)ccc(C)c1C. The van der Waals surface area contributed by atoms with Gasteiger partial charge in [0.2, 0.25) is 0 Å². The Kier molecular flexibility index (Phi) is 15.3. The van der Waals surface area contributed by atoms with Crippen LogP contribution >= 0.6 is 0 Å². The van der Waals surface area contributed by atoms with Gasteiger partial charge in [-0.2, -0.15) is 0 Å². The van der Waals surface area contributed by atoms with Crippen LogP contribution in [0.1, 0.15) is 116 Å². The highest BCUT2D eigenvalue weighted by molar-refractivity contribution is 5.45. The summed E-state index contributed by atoms with van der Waals surface area (Å²) in [7, 11) is 0. The summed E-state index contributed by atoms with van der Waals surface area (Å²) in [6, 6.07) is 4.57. The lowest BCUT2D eigenvalue weighted by atomic mass is 9.93. The summed E-state index contributed by atoms with van der Waals surface area (Å²) in [6.45, 7) is 14.6. The molecule has 0 saturated carbocycles. The van der Waals surface area contributed by atoms with Crippen LogP contribution in [0.2, 0.25) is 0 Å². The molecule has 1 heteroatoms. The van der Waals surface area contributed by atoms with Crippen molar-refractivity contribution in [3.8, 4) is 5.75 Å². The monoisotopic (exact) mass is 390 g/mol. The number of benzene rings is 1. The van der Waals surface area contributed by atoms with Crippen LogP contribution in [-0.4, -0.2) is 6.61 Å². The van der Waals surface area contributed by atoms with E-state index in [-0.39, 0.29) is 7.43 Å². The lowest BCUT2D eigenvalue weighted by Gasteiger charge is -2.18. The fourth-order valence-electron chi connectivity index (χ4n) is 3.72. The van der Waals surface area contributed by atoms with Crippen LogP contribution in [0.15, 0.2) is 12.1 Å². The Hall–Kier alpha value is -0.980. The Bertz CT molecular complexity index is 503. The maximum absolute atomic E-state index is 6.30. The van der Waals surface area contributed by atoms with Gasteiger partial charge in [0.25, 0.3) is 0 Å². The molecule has 0 aliphatic carbocycles. The first-order chi connectivity index (χ1) is 13.0. The van der Waals surface area contributed by atoms with Crippen LogP contribution in [0.3, 0.4) is 0 Å². The molecule has 0 N–H and O–H groups in total. The van der Waals surface area contributed by atoms with Gasteiger partial charge in [0.05, 0.1) is 6.61 Å². The Morgan fingerprint density at radius 1 is 0.821 bits per heavy atom. The molecule has 0 radical (unpaired) electrons. The standard InChI is InChI=1S/C26H46O.CH4/c1-7-8-9-10-11-12-20-27-26-24(6)23(5)17-19-25(26)18-16-22(4)15-13-14-21(2)3;/h17,19,21-22H,7-16,18,20H2,1-6H3;1H4. The lowest BCUT2D eigenvalue weighted by molar-refractivity contribution is 0.298. The van der Waals surface area contributed by atoms with Gasteiger partial charge in [0.15, 0.2) is 0 Å². The molecule has 0 aliphatic rings. The Morgan fingerprint density at radius 3 is 2.18 bits per heavy atom. The molecule has 0 bridgehead atoms. The fourth-order valence-corrected chi connectivity index (χ4v) is 3.72. The number of rotatable bonds is 15. The fraction of sp³-hybridized carbons (Fsp3) is 0.778. The van der Waals surface area contributed by atoms with E-state index in [1.165, 1.54) is 86.6 Å². The van der Waals surface area contributed by atoms with E-state index in [1.54, 1.807) is 0 Å². The molecule has 1 nitrogen and oxygen atoms in total. The predicted octanol–water partition coefficient (Wildman–Crippen LogP) is 9.07. The first kappa shape index (κ1) is 27.0. The summed E-state index contributed by atoms with van der Waals surface area (Å²) in [5.41, 5.74) is 4.10. The summed E-state index contributed by atoms with van der Waals surface area (Å²) < 4.78 is 6.30. The molecule has 0 saturated heterocycles. The molecule has 1 atom stereocenters. The molecule has 0 aromatic heterocycles. The van der Waals surface area contributed by atoms with Crippen molar-refractivity contribution in [3.05, 3.63) is 28.8 Å². The minimum absolute atomic E-state index is 0. The topological polar surface area (TPSA) is 9.23 Å². The summed E-state index contributed by atoms with van der Waals surface area (Å²) >= 11 is 0. The smallest absolute Gasteiger partial charge is 0.125 e. The Balaban J connectivity index is 0.00000729. The third-order valence-corrected chi connectivity index (χ3v) is 5.89. The third kappa shape index (κ3) is 11.1. The number of unbranched alkanes of at least 4 members (excludes halogenated alkanes) is 5. The Labute approximate surface area is 177 Å². The average Bonchev–Trinajstić information content (AvgIpc) is 2.63. The van der Waals surface area contributed by atoms with Crippen molar-refractivity contribution >= 4 is 0 Å². The largest absolute Gasteiger partial charge is 0.493 e. The maximum atomic E-state index is 6.30. The highest BCUT2D eigenvalue weighted by atomic mass is 16.5. The van der Waals surface area contributed by atoms with Crippen LogP contribution in [0.25, 0.3) is 0 Å². The van der Waals surface area contributed by atoms with E-state index >= 15 is 0 Å². The predicted molar refractivity (Wildman–Crippen MR) is 128 cm³/mol. The van der Waals surface area contributed by atoms with Gasteiger partial charge >= 0.3 is 0 Å². The van der Waals surface area contributed by atoms with Gasteiger partial charge in [-0.25, -0.2) is 0 Å². The number of ether oxygens (including phenoxy) is 1. The van der Waals surface area contributed by atoms with E-state index in [0.717, 1.165) is 24.9 Å². The van der Waals surface area contributed by atoms with Crippen molar-refractivity contribution < 1.29 is 4.74 Å². The van der Waals surface area contributed by atoms with E-state index in [0.29, 0.717) is 0 Å². The van der Waals surface area contributed by atoms with Gasteiger partial charge in [-0.3, -0.25) is 0 Å². The molecule has 1 aromatic rings. The molecule has 0 amide bonds. The van der Waals surface area contributed by atoms with Gasteiger partial charge in [-0.05, 0) is 61.6 Å². The van der Waals surface area contributed by atoms with Crippen molar-refractivity contribution in [3.63, 3.8) is 0 Å². The second kappa shape index (κ2) is 15.9. The van der Waals surface area contributed by atoms with E-state index in [4.69, 9.17) is 4.74 Å². The normalized spacial score (nSPS) is 12.1. The van der Waals surface area contributed by atoms with Gasteiger partial charge in [-0.1, -0.05) is 98.6 Å². The summed E-state index contributed by atoms with van der Waals surface area (Å²) in [5, 5.41) is 0. The quantitative estimate of drug-likeness (QED) is 0.271. The molecule has 1 rings (SSSR count). The second-order valence-electron chi connectivity index (χ2n) is 9.08. The molecule has 164 valence electrons. The zero-order valence-electron chi connectivity index (χ0n) is 19.2. The van der Waals surface area contributed by atoms with E-state index < -0.39 is 0 Å². The minimum atomic E-state index is 0. The van der Waals surface area contributed by atoms with Crippen molar-refractivity contribution in [1.29, 1.82) is 0 Å². The summed E-state index contributed by atoms with van der Waals surface area (Å²) in [5.74, 6) is 2.81. The third-order valence-electron chi connectivity index (χ3n) is 5.89. The van der Waals surface area contributed by atoms with Crippen LogP contribution in [0, 0.1) is 25.7 Å². The average molecular weight is 391 g/mol. The molecule has 0 spiro atoms. The number of aryl methyl sites for hydroxylation is 2. The van der Waals surface area contributed by atoms with Crippen LogP contribution in [0.5, 0.6) is 5.75 Å². The van der Waals surface area contributed by atoms with Crippen molar-refractivity contribution in [2.75, 3.05) is 6.61 Å². The van der Waals surface area contributed by atoms with Crippen LogP contribution in [-0.2, 0) is 6.42 Å². The zero-order valence-corrected chi connectivity index (χ0v) is 19.2. The molecular weight excluding hydrogens is 340 g/mol.